The summed E-state index contributed by atoms with van der Waals surface area (Å²) in [6, 6.07) is 0. The summed E-state index contributed by atoms with van der Waals surface area (Å²) in [7, 11) is 4.09. The quantitative estimate of drug-likeness (QED) is 0.476. The van der Waals surface area contributed by atoms with Crippen LogP contribution in [-0.4, -0.2) is 29.9 Å². The van der Waals surface area contributed by atoms with E-state index in [0.717, 1.165) is 6.42 Å². The van der Waals surface area contributed by atoms with Gasteiger partial charge in [0, 0.05) is 5.69 Å². The van der Waals surface area contributed by atoms with E-state index >= 15 is 0 Å². The van der Waals surface area contributed by atoms with Crippen LogP contribution in [0.5, 0.6) is 0 Å². The number of aromatic nitrogens is 1. The molecule has 0 aromatic carbocycles. The van der Waals surface area contributed by atoms with E-state index in [4.69, 9.17) is 0 Å². The van der Waals surface area contributed by atoms with Crippen LogP contribution in [-0.2, 0) is 6.42 Å². The van der Waals surface area contributed by atoms with E-state index in [1.807, 2.05) is 14.1 Å². The molecule has 0 bridgehead atoms. The van der Waals surface area contributed by atoms with Gasteiger partial charge in [-0.25, -0.2) is 4.58 Å². The molecule has 0 amide bonds. The van der Waals surface area contributed by atoms with Crippen LogP contribution in [0.3, 0.4) is 0 Å². The van der Waals surface area contributed by atoms with Crippen LogP contribution in [0.25, 0.3) is 0 Å². The highest BCUT2D eigenvalue weighted by Crippen LogP contribution is 2.16. The SMILES string of the molecule is CCc1c(C)[nH]c(C=[N+](C)C)c1C.[Cl-]. The lowest BCUT2D eigenvalue weighted by molar-refractivity contribution is -0.458. The third-order valence-corrected chi connectivity index (χ3v) is 2.37. The third kappa shape index (κ3) is 2.61. The maximum absolute atomic E-state index is 3.40. The first-order valence-electron chi connectivity index (χ1n) is 4.75. The summed E-state index contributed by atoms with van der Waals surface area (Å²) in [5.74, 6) is 0. The average Bonchev–Trinajstić information content (AvgIpc) is 2.26. The molecule has 0 aliphatic rings. The van der Waals surface area contributed by atoms with Crippen LogP contribution in [0, 0.1) is 13.8 Å². The zero-order valence-electron chi connectivity index (χ0n) is 9.61. The van der Waals surface area contributed by atoms with Crippen LogP contribution >= 0.6 is 0 Å². The van der Waals surface area contributed by atoms with Crippen molar-refractivity contribution in [3.05, 3.63) is 22.5 Å². The lowest BCUT2D eigenvalue weighted by Crippen LogP contribution is -3.00. The molecule has 1 aromatic heterocycles. The van der Waals surface area contributed by atoms with Gasteiger partial charge >= 0.3 is 0 Å². The fourth-order valence-electron chi connectivity index (χ4n) is 1.73. The monoisotopic (exact) mass is 214 g/mol. The minimum atomic E-state index is 0. The second-order valence-corrected chi connectivity index (χ2v) is 3.71. The second-order valence-electron chi connectivity index (χ2n) is 3.71. The molecular formula is C11H19ClN2. The van der Waals surface area contributed by atoms with Gasteiger partial charge in [-0.3, -0.25) is 0 Å². The van der Waals surface area contributed by atoms with E-state index in [9.17, 15) is 0 Å². The molecule has 1 aromatic rings. The fourth-order valence-corrected chi connectivity index (χ4v) is 1.73. The number of H-pyrrole nitrogens is 1. The molecule has 1 heterocycles. The zero-order valence-corrected chi connectivity index (χ0v) is 10.4. The van der Waals surface area contributed by atoms with Crippen molar-refractivity contribution < 1.29 is 17.0 Å². The summed E-state index contributed by atoms with van der Waals surface area (Å²) < 4.78 is 2.07. The first kappa shape index (κ1) is 13.2. The first-order chi connectivity index (χ1) is 6.06. The molecule has 0 aliphatic carbocycles. The van der Waals surface area contributed by atoms with Gasteiger partial charge < -0.3 is 17.4 Å². The number of aryl methyl sites for hydroxylation is 1. The Morgan fingerprint density at radius 2 is 1.86 bits per heavy atom. The van der Waals surface area contributed by atoms with Gasteiger partial charge in [0.05, 0.1) is 0 Å². The Labute approximate surface area is 92.5 Å². The second kappa shape index (κ2) is 5.20. The van der Waals surface area contributed by atoms with E-state index in [0.29, 0.717) is 0 Å². The van der Waals surface area contributed by atoms with E-state index < -0.39 is 0 Å². The largest absolute Gasteiger partial charge is 1.00 e. The molecule has 1 N–H and O–H groups in total. The maximum atomic E-state index is 3.40. The number of hydrogen-bond donors (Lipinski definition) is 1. The average molecular weight is 215 g/mol. The third-order valence-electron chi connectivity index (χ3n) is 2.37. The molecule has 0 saturated carbocycles. The normalized spacial score (nSPS) is 9.50. The highest BCUT2D eigenvalue weighted by Gasteiger charge is 2.09. The molecule has 80 valence electrons. The summed E-state index contributed by atoms with van der Waals surface area (Å²) in [5, 5.41) is 0. The van der Waals surface area contributed by atoms with E-state index in [1.54, 1.807) is 0 Å². The van der Waals surface area contributed by atoms with Gasteiger partial charge in [0.25, 0.3) is 0 Å². The van der Waals surface area contributed by atoms with Gasteiger partial charge in [0.1, 0.15) is 19.8 Å². The smallest absolute Gasteiger partial charge is 0.186 e. The fraction of sp³-hybridized carbons (Fsp3) is 0.545. The number of nitrogens with zero attached hydrogens (tertiary/aromatic N) is 1. The lowest BCUT2D eigenvalue weighted by Gasteiger charge is -1.94. The van der Waals surface area contributed by atoms with E-state index in [2.05, 4.69) is 36.5 Å². The number of nitrogens with one attached hydrogen (secondary N) is 1. The van der Waals surface area contributed by atoms with Crippen molar-refractivity contribution in [2.75, 3.05) is 14.1 Å². The molecule has 0 spiro atoms. The standard InChI is InChI=1S/C11H18N2.ClH/c1-6-10-8(2)11(7-13(4)5)12-9(10)3;/h7H,6H2,1-5H3;1H. The van der Waals surface area contributed by atoms with Crippen molar-refractivity contribution in [1.29, 1.82) is 0 Å². The van der Waals surface area contributed by atoms with Crippen molar-refractivity contribution in [3.8, 4) is 0 Å². The van der Waals surface area contributed by atoms with Gasteiger partial charge in [-0.1, -0.05) is 6.92 Å². The summed E-state index contributed by atoms with van der Waals surface area (Å²) in [6.45, 7) is 6.51. The van der Waals surface area contributed by atoms with Gasteiger partial charge in [-0.15, -0.1) is 0 Å². The molecule has 0 radical (unpaired) electrons. The Balaban J connectivity index is 0.00000169. The summed E-state index contributed by atoms with van der Waals surface area (Å²) in [4.78, 5) is 3.40. The predicted octanol–water partition coefficient (Wildman–Crippen LogP) is -1.11. The van der Waals surface area contributed by atoms with Crippen LogP contribution in [0.15, 0.2) is 0 Å². The minimum Gasteiger partial charge on any atom is -1.00 e. The Kier molecular flexibility index (Phi) is 4.92. The zero-order chi connectivity index (χ0) is 10.0. The molecular weight excluding hydrogens is 196 g/mol. The van der Waals surface area contributed by atoms with Crippen LogP contribution in [0.2, 0.25) is 0 Å². The first-order valence-corrected chi connectivity index (χ1v) is 4.75. The summed E-state index contributed by atoms with van der Waals surface area (Å²) in [6.07, 6.45) is 3.23. The molecule has 0 fully saturated rings. The highest BCUT2D eigenvalue weighted by molar-refractivity contribution is 5.76. The Morgan fingerprint density at radius 3 is 2.21 bits per heavy atom. The van der Waals surface area contributed by atoms with Crippen molar-refractivity contribution >= 4 is 6.21 Å². The van der Waals surface area contributed by atoms with E-state index in [-0.39, 0.29) is 12.4 Å². The van der Waals surface area contributed by atoms with Crippen molar-refractivity contribution in [2.24, 2.45) is 0 Å². The van der Waals surface area contributed by atoms with E-state index in [1.165, 1.54) is 22.5 Å². The maximum Gasteiger partial charge on any atom is 0.186 e. The Bertz CT molecular complexity index is 333. The summed E-state index contributed by atoms with van der Waals surface area (Å²) in [5.41, 5.74) is 5.37. The minimum absolute atomic E-state index is 0. The molecule has 0 saturated heterocycles. The predicted molar refractivity (Wildman–Crippen MR) is 56.9 cm³/mol. The Hall–Kier alpha value is -0.760. The molecule has 0 unspecified atom stereocenters. The van der Waals surface area contributed by atoms with Crippen LogP contribution in [0.4, 0.5) is 0 Å². The number of rotatable bonds is 2. The molecule has 1 rings (SSSR count). The molecule has 0 aliphatic heterocycles. The molecule has 0 atom stereocenters. The van der Waals surface area contributed by atoms with Gasteiger partial charge in [-0.05, 0) is 31.4 Å². The van der Waals surface area contributed by atoms with Crippen molar-refractivity contribution in [1.82, 2.24) is 4.98 Å². The van der Waals surface area contributed by atoms with Crippen LogP contribution < -0.4 is 12.4 Å². The topological polar surface area (TPSA) is 18.8 Å². The molecule has 14 heavy (non-hydrogen) atoms. The van der Waals surface area contributed by atoms with Crippen molar-refractivity contribution in [2.45, 2.75) is 27.2 Å². The highest BCUT2D eigenvalue weighted by atomic mass is 35.5. The number of hydrogen-bond acceptors (Lipinski definition) is 0. The van der Waals surface area contributed by atoms with Gasteiger partial charge in [0.2, 0.25) is 0 Å². The van der Waals surface area contributed by atoms with Crippen LogP contribution in [0.1, 0.15) is 29.4 Å². The number of halogens is 1. The number of aromatic amines is 1. The lowest BCUT2D eigenvalue weighted by atomic mass is 10.1. The summed E-state index contributed by atoms with van der Waals surface area (Å²) >= 11 is 0. The van der Waals surface area contributed by atoms with Crippen molar-refractivity contribution in [3.63, 3.8) is 0 Å². The van der Waals surface area contributed by atoms with Gasteiger partial charge in [0.15, 0.2) is 6.21 Å². The molecule has 2 nitrogen and oxygen atoms in total. The van der Waals surface area contributed by atoms with Gasteiger partial charge in [-0.2, -0.15) is 0 Å². The molecule has 3 heteroatoms. The Morgan fingerprint density at radius 1 is 1.29 bits per heavy atom.